The number of nitrogens with zero attached hydrogens (tertiary/aromatic N) is 1. The molecule has 1 heterocycles. The second kappa shape index (κ2) is 7.24. The maximum absolute atomic E-state index is 13.2. The van der Waals surface area contributed by atoms with Gasteiger partial charge in [-0.1, -0.05) is 42.5 Å². The summed E-state index contributed by atoms with van der Waals surface area (Å²) in [6.45, 7) is 3.82. The van der Waals surface area contributed by atoms with Gasteiger partial charge in [0.05, 0.1) is 5.52 Å². The van der Waals surface area contributed by atoms with Crippen molar-refractivity contribution in [2.75, 3.05) is 0 Å². The molecule has 1 unspecified atom stereocenters. The van der Waals surface area contributed by atoms with Crippen LogP contribution < -0.4 is 0 Å². The lowest BCUT2D eigenvalue weighted by Gasteiger charge is -2.10. The number of rotatable bonds is 3. The van der Waals surface area contributed by atoms with Crippen molar-refractivity contribution in [3.8, 4) is 5.75 Å². The summed E-state index contributed by atoms with van der Waals surface area (Å²) in [4.78, 5) is 43.9. The van der Waals surface area contributed by atoms with Gasteiger partial charge in [-0.15, -0.1) is 0 Å². The molecule has 0 spiro atoms. The third-order valence-electron chi connectivity index (χ3n) is 6.19. The fourth-order valence-corrected chi connectivity index (χ4v) is 4.27. The van der Waals surface area contributed by atoms with E-state index in [2.05, 4.69) is 4.98 Å². The quantitative estimate of drug-likeness (QED) is 0.374. The van der Waals surface area contributed by atoms with Crippen LogP contribution in [0.4, 0.5) is 0 Å². The molecule has 0 amide bonds. The highest BCUT2D eigenvalue weighted by molar-refractivity contribution is 6.30. The number of pyridine rings is 1. The van der Waals surface area contributed by atoms with Crippen LogP contribution in [-0.2, 0) is 0 Å². The van der Waals surface area contributed by atoms with Gasteiger partial charge < -0.3 is 5.11 Å². The monoisotopic (exact) mass is 421 g/mol. The van der Waals surface area contributed by atoms with Crippen molar-refractivity contribution in [2.24, 2.45) is 0 Å². The van der Waals surface area contributed by atoms with Crippen molar-refractivity contribution < 1.29 is 19.5 Å². The molecule has 0 saturated carbocycles. The second-order valence-corrected chi connectivity index (χ2v) is 8.08. The molecular weight excluding hydrogens is 402 g/mol. The fraction of sp³-hybridized carbons (Fsp3) is 0.111. The molecule has 5 heteroatoms. The summed E-state index contributed by atoms with van der Waals surface area (Å²) in [7, 11) is 0. The Balaban J connectivity index is 1.57. The van der Waals surface area contributed by atoms with Crippen LogP contribution in [0.15, 0.2) is 66.7 Å². The van der Waals surface area contributed by atoms with Gasteiger partial charge in [0.1, 0.15) is 17.4 Å². The third-order valence-corrected chi connectivity index (χ3v) is 6.19. The molecule has 32 heavy (non-hydrogen) atoms. The molecule has 4 aromatic rings. The Labute approximate surface area is 184 Å². The number of hydrogen-bond acceptors (Lipinski definition) is 5. The Morgan fingerprint density at radius 3 is 2.44 bits per heavy atom. The first-order valence-electron chi connectivity index (χ1n) is 10.3. The summed E-state index contributed by atoms with van der Waals surface area (Å²) in [5.41, 5.74) is 3.84. The molecule has 5 nitrogen and oxygen atoms in total. The summed E-state index contributed by atoms with van der Waals surface area (Å²) in [5, 5.41) is 11.2. The molecule has 1 aliphatic rings. The van der Waals surface area contributed by atoms with Crippen LogP contribution in [0, 0.1) is 13.8 Å². The second-order valence-electron chi connectivity index (χ2n) is 8.08. The van der Waals surface area contributed by atoms with Crippen LogP contribution >= 0.6 is 0 Å². The zero-order valence-corrected chi connectivity index (χ0v) is 17.5. The normalized spacial score (nSPS) is 15.2. The van der Waals surface area contributed by atoms with Crippen molar-refractivity contribution >= 4 is 28.3 Å². The largest absolute Gasteiger partial charge is 0.506 e. The number of Topliss-reactive ketones (excluding diaryl/α,β-unsaturated/α-hetero) is 2. The van der Waals surface area contributed by atoms with Gasteiger partial charge in [-0.05, 0) is 49.2 Å². The molecule has 0 radical (unpaired) electrons. The van der Waals surface area contributed by atoms with Gasteiger partial charge in [0, 0.05) is 27.6 Å². The Morgan fingerprint density at radius 2 is 1.62 bits per heavy atom. The predicted octanol–water partition coefficient (Wildman–Crippen LogP) is 4.95. The van der Waals surface area contributed by atoms with Gasteiger partial charge in [0.2, 0.25) is 0 Å². The van der Waals surface area contributed by atoms with E-state index < -0.39 is 17.5 Å². The molecule has 0 fully saturated rings. The summed E-state index contributed by atoms with van der Waals surface area (Å²) in [6, 6.07) is 18.8. The summed E-state index contributed by atoms with van der Waals surface area (Å²) >= 11 is 0. The van der Waals surface area contributed by atoms with Gasteiger partial charge in [0.15, 0.2) is 17.3 Å². The average molecular weight is 421 g/mol. The molecule has 1 atom stereocenters. The maximum Gasteiger partial charge on any atom is 0.193 e. The van der Waals surface area contributed by atoms with Crippen LogP contribution in [0.2, 0.25) is 0 Å². The number of aryl methyl sites for hydroxylation is 1. The summed E-state index contributed by atoms with van der Waals surface area (Å²) in [6.07, 6.45) is 0. The van der Waals surface area contributed by atoms with Crippen molar-refractivity contribution in [2.45, 2.75) is 19.8 Å². The van der Waals surface area contributed by atoms with E-state index in [-0.39, 0.29) is 28.4 Å². The lowest BCUT2D eigenvalue weighted by atomic mass is 9.94. The van der Waals surface area contributed by atoms with Crippen molar-refractivity contribution in [3.05, 3.63) is 106 Å². The van der Waals surface area contributed by atoms with Crippen LogP contribution in [0.25, 0.3) is 10.9 Å². The van der Waals surface area contributed by atoms with Crippen LogP contribution in [0.5, 0.6) is 5.75 Å². The first-order chi connectivity index (χ1) is 15.4. The minimum Gasteiger partial charge on any atom is -0.506 e. The standard InChI is InChI=1S/C27H19NO4/c1-14-6-5-8-18(15(14)2)25(30)17-10-11-19-20(12-17)27(32)23(26(19)31)24-22(29)13-16-7-3-4-9-21(16)28-24/h3-13,23,29H,1-2H3. The Hall–Kier alpha value is -4.12. The van der Waals surface area contributed by atoms with Gasteiger partial charge in [-0.2, -0.15) is 0 Å². The van der Waals surface area contributed by atoms with Crippen LogP contribution in [0.1, 0.15) is 59.4 Å². The Bertz CT molecular complexity index is 1470. The number of benzene rings is 3. The van der Waals surface area contributed by atoms with Crippen LogP contribution in [-0.4, -0.2) is 27.4 Å². The van der Waals surface area contributed by atoms with E-state index in [4.69, 9.17) is 0 Å². The van der Waals surface area contributed by atoms with Gasteiger partial charge in [-0.3, -0.25) is 14.4 Å². The lowest BCUT2D eigenvalue weighted by molar-refractivity contribution is 0.0885. The van der Waals surface area contributed by atoms with Gasteiger partial charge in [-0.25, -0.2) is 4.98 Å². The predicted molar refractivity (Wildman–Crippen MR) is 121 cm³/mol. The highest BCUT2D eigenvalue weighted by Crippen LogP contribution is 2.38. The minimum atomic E-state index is -1.22. The highest BCUT2D eigenvalue weighted by atomic mass is 16.3. The average Bonchev–Trinajstić information content (AvgIpc) is 3.04. The van der Waals surface area contributed by atoms with Crippen molar-refractivity contribution in [1.29, 1.82) is 0 Å². The molecule has 5 rings (SSSR count). The number of aromatic hydroxyl groups is 1. The van der Waals surface area contributed by atoms with E-state index in [1.54, 1.807) is 30.3 Å². The van der Waals surface area contributed by atoms with E-state index in [0.717, 1.165) is 11.1 Å². The summed E-state index contributed by atoms with van der Waals surface area (Å²) < 4.78 is 0. The summed E-state index contributed by atoms with van der Waals surface area (Å²) in [5.74, 6) is -2.51. The first kappa shape index (κ1) is 19.8. The minimum absolute atomic E-state index is 0.0392. The van der Waals surface area contributed by atoms with E-state index in [0.29, 0.717) is 22.0 Å². The molecule has 0 saturated heterocycles. The number of carbonyl (C=O) groups is 3. The van der Waals surface area contributed by atoms with Gasteiger partial charge in [0.25, 0.3) is 0 Å². The topological polar surface area (TPSA) is 84.3 Å². The lowest BCUT2D eigenvalue weighted by Crippen LogP contribution is -2.14. The fourth-order valence-electron chi connectivity index (χ4n) is 4.27. The van der Waals surface area contributed by atoms with Crippen molar-refractivity contribution in [3.63, 3.8) is 0 Å². The van der Waals surface area contributed by atoms with Gasteiger partial charge >= 0.3 is 0 Å². The third kappa shape index (κ3) is 2.94. The highest BCUT2D eigenvalue weighted by Gasteiger charge is 2.42. The molecule has 0 aliphatic heterocycles. The number of aromatic nitrogens is 1. The number of ketones is 3. The molecule has 1 aliphatic carbocycles. The first-order valence-corrected chi connectivity index (χ1v) is 10.3. The van der Waals surface area contributed by atoms with Crippen LogP contribution in [0.3, 0.4) is 0 Å². The Morgan fingerprint density at radius 1 is 0.875 bits per heavy atom. The van der Waals surface area contributed by atoms with E-state index in [1.807, 2.05) is 32.0 Å². The number of para-hydroxylation sites is 1. The van der Waals surface area contributed by atoms with Crippen molar-refractivity contribution in [1.82, 2.24) is 4.98 Å². The van der Waals surface area contributed by atoms with E-state index in [1.165, 1.54) is 18.2 Å². The maximum atomic E-state index is 13.2. The molecule has 1 aromatic heterocycles. The molecule has 1 N–H and O–H groups in total. The molecule has 156 valence electrons. The molecule has 0 bridgehead atoms. The number of fused-ring (bicyclic) bond motifs is 2. The number of carbonyl (C=O) groups excluding carboxylic acids is 3. The Kier molecular flexibility index (Phi) is 4.48. The SMILES string of the molecule is Cc1cccc(C(=O)c2ccc3c(c2)C(=O)C(c2nc4ccccc4cc2O)C3=O)c1C. The molecular formula is C27H19NO4. The molecule has 3 aromatic carbocycles. The zero-order valence-electron chi connectivity index (χ0n) is 17.5. The van der Waals surface area contributed by atoms with E-state index in [9.17, 15) is 19.5 Å². The number of hydrogen-bond donors (Lipinski definition) is 1. The smallest absolute Gasteiger partial charge is 0.193 e. The zero-order chi connectivity index (χ0) is 22.6. The van der Waals surface area contributed by atoms with E-state index >= 15 is 0 Å².